The molecule has 5 rings (SSSR count). The van der Waals surface area contributed by atoms with Gasteiger partial charge in [0.05, 0.1) is 22.8 Å². The molecule has 2 heterocycles. The summed E-state index contributed by atoms with van der Waals surface area (Å²) in [6.45, 7) is 2.80. The van der Waals surface area contributed by atoms with E-state index in [-0.39, 0.29) is 35.6 Å². The number of benzene rings is 1. The highest BCUT2D eigenvalue weighted by molar-refractivity contribution is 6.33. The van der Waals surface area contributed by atoms with Crippen molar-refractivity contribution in [3.63, 3.8) is 0 Å². The monoisotopic (exact) mass is 686 g/mol. The summed E-state index contributed by atoms with van der Waals surface area (Å²) in [5, 5.41) is 18.7. The third-order valence-corrected chi connectivity index (χ3v) is 8.64. The van der Waals surface area contributed by atoms with Gasteiger partial charge in [-0.15, -0.1) is 0 Å². The number of hydrogen-bond donors (Lipinski definition) is 5. The van der Waals surface area contributed by atoms with Crippen LogP contribution in [-0.4, -0.2) is 63.1 Å². The van der Waals surface area contributed by atoms with Crippen molar-refractivity contribution in [3.8, 4) is 0 Å². The molecule has 1 saturated carbocycles. The fraction of sp³-hybridized carbons (Fsp3) is 0.438. The van der Waals surface area contributed by atoms with E-state index in [1.165, 1.54) is 29.4 Å². The van der Waals surface area contributed by atoms with Crippen LogP contribution in [0.3, 0.4) is 0 Å². The molecule has 0 bridgehead atoms. The highest BCUT2D eigenvalue weighted by atomic mass is 35.5. The molecule has 1 aromatic carbocycles. The van der Waals surface area contributed by atoms with Crippen LogP contribution in [0.15, 0.2) is 48.8 Å². The van der Waals surface area contributed by atoms with Crippen LogP contribution < -0.4 is 21.5 Å². The number of carbonyl (C=O) groups excluding carboxylic acids is 4. The molecular weight excluding hydrogens is 650 g/mol. The van der Waals surface area contributed by atoms with Crippen LogP contribution in [0.2, 0.25) is 5.02 Å². The van der Waals surface area contributed by atoms with E-state index in [1.807, 2.05) is 32.9 Å². The molecule has 48 heavy (non-hydrogen) atoms. The molecule has 2 fully saturated rings. The number of guanidine groups is 1. The van der Waals surface area contributed by atoms with E-state index in [2.05, 4.69) is 26.6 Å². The van der Waals surface area contributed by atoms with Crippen LogP contribution in [0, 0.1) is 16.7 Å². The van der Waals surface area contributed by atoms with Crippen molar-refractivity contribution in [1.82, 2.24) is 36.2 Å². The number of carbonyl (C=O) groups is 4. The summed E-state index contributed by atoms with van der Waals surface area (Å²) in [5.41, 5.74) is 4.06. The van der Waals surface area contributed by atoms with Crippen molar-refractivity contribution in [2.75, 3.05) is 6.61 Å². The first-order chi connectivity index (χ1) is 22.7. The van der Waals surface area contributed by atoms with Gasteiger partial charge in [-0.25, -0.2) is 9.48 Å². The molecule has 0 spiro atoms. The summed E-state index contributed by atoms with van der Waals surface area (Å²) in [6.07, 6.45) is 9.96. The zero-order valence-corrected chi connectivity index (χ0v) is 27.3. The average molecular weight is 687 g/mol. The molecule has 2 aromatic rings. The lowest BCUT2D eigenvalue weighted by molar-refractivity contribution is -0.136. The number of ether oxygens (including phenoxy) is 1. The van der Waals surface area contributed by atoms with Gasteiger partial charge in [-0.3, -0.25) is 35.5 Å². The summed E-state index contributed by atoms with van der Waals surface area (Å²) in [5.74, 6) is -1.86. The van der Waals surface area contributed by atoms with E-state index in [0.29, 0.717) is 34.2 Å². The van der Waals surface area contributed by atoms with Gasteiger partial charge in [0.25, 0.3) is 11.8 Å². The zero-order chi connectivity index (χ0) is 34.8. The first-order valence-corrected chi connectivity index (χ1v) is 15.7. The predicted molar refractivity (Wildman–Crippen MR) is 172 cm³/mol. The van der Waals surface area contributed by atoms with E-state index >= 15 is 0 Å². The quantitative estimate of drug-likeness (QED) is 0.162. The second kappa shape index (κ2) is 13.7. The number of nitrogens with one attached hydrogen (secondary N) is 5. The maximum absolute atomic E-state index is 14.8. The molecule has 16 heteroatoms. The number of alkyl carbamates (subject to hydrolysis) is 1. The van der Waals surface area contributed by atoms with Crippen LogP contribution in [0.4, 0.5) is 13.6 Å². The molecule has 3 aliphatic rings. The summed E-state index contributed by atoms with van der Waals surface area (Å²) in [7, 11) is 0. The Balaban J connectivity index is 1.49. The van der Waals surface area contributed by atoms with Gasteiger partial charge in [-0.1, -0.05) is 56.7 Å². The number of alkyl halides is 2. The van der Waals surface area contributed by atoms with Gasteiger partial charge in [0.2, 0.25) is 6.41 Å². The molecule has 1 aromatic heterocycles. The second-order valence-corrected chi connectivity index (χ2v) is 13.6. The minimum Gasteiger partial charge on any atom is -0.447 e. The number of hydrazine groups is 1. The summed E-state index contributed by atoms with van der Waals surface area (Å²) in [6, 6.07) is 3.39. The van der Waals surface area contributed by atoms with Crippen molar-refractivity contribution in [3.05, 3.63) is 70.5 Å². The highest BCUT2D eigenvalue weighted by Crippen LogP contribution is 2.44. The van der Waals surface area contributed by atoms with Gasteiger partial charge in [0, 0.05) is 23.7 Å². The maximum Gasteiger partial charge on any atom is 0.407 e. The van der Waals surface area contributed by atoms with Crippen LogP contribution in [-0.2, 0) is 14.3 Å². The van der Waals surface area contributed by atoms with Gasteiger partial charge in [0.15, 0.2) is 5.96 Å². The van der Waals surface area contributed by atoms with Gasteiger partial charge in [-0.2, -0.15) is 13.9 Å². The largest absolute Gasteiger partial charge is 0.447 e. The number of amides is 4. The zero-order valence-electron chi connectivity index (χ0n) is 26.6. The molecule has 2 aliphatic carbocycles. The Hall–Kier alpha value is -4.79. The standard InChI is InChI=1S/C32H37ClF2N8O5/c1-31(2,3)16-32(21-7-4-18(5-8-21)20-13-38-42(14-20)28(34)35)27(46)43(29(36)40-32)25(15-48-30(47)39-22-9-10-22)19-6-11-24(33)23(12-19)26(45)41-37-17-44/h4-7,11-14,17,21-22,25,28H,8-10,15-16H2,1-3H3,(H2,36,40)(H,37,44)(H,39,47)(H,41,45)/t21?,25-,32-/m1/s1. The SMILES string of the molecule is CC(C)(C)C[C@]1(C2C=CC(c3cnn(C(F)F)c3)=CC2)NC(=N)N([C@H](COC(=O)NC2CC2)c2ccc(Cl)c(C(=O)NNC=O)c2)C1=O. The molecule has 256 valence electrons. The molecule has 4 amide bonds. The van der Waals surface area contributed by atoms with Crippen molar-refractivity contribution in [2.45, 2.75) is 70.6 Å². The Kier molecular flexibility index (Phi) is 9.89. The smallest absolute Gasteiger partial charge is 0.407 e. The number of halogens is 3. The lowest BCUT2D eigenvalue weighted by Gasteiger charge is -2.39. The van der Waals surface area contributed by atoms with E-state index < -0.39 is 47.4 Å². The van der Waals surface area contributed by atoms with Crippen molar-refractivity contribution in [2.24, 2.45) is 11.3 Å². The van der Waals surface area contributed by atoms with Crippen LogP contribution in [0.25, 0.3) is 5.57 Å². The summed E-state index contributed by atoms with van der Waals surface area (Å²) >= 11 is 6.31. The number of nitrogens with zero attached hydrogens (tertiary/aromatic N) is 3. The number of rotatable bonds is 12. The average Bonchev–Trinajstić information content (AvgIpc) is 3.63. The van der Waals surface area contributed by atoms with Gasteiger partial charge >= 0.3 is 12.6 Å². The minimum absolute atomic E-state index is 0.0145. The van der Waals surface area contributed by atoms with E-state index in [0.717, 1.165) is 12.8 Å². The summed E-state index contributed by atoms with van der Waals surface area (Å²) < 4.78 is 32.4. The Morgan fingerprint density at radius 1 is 1.29 bits per heavy atom. The third-order valence-electron chi connectivity index (χ3n) is 8.31. The molecule has 1 aliphatic heterocycles. The van der Waals surface area contributed by atoms with E-state index in [4.69, 9.17) is 21.7 Å². The maximum atomic E-state index is 14.8. The highest BCUT2D eigenvalue weighted by Gasteiger charge is 2.57. The van der Waals surface area contributed by atoms with Crippen molar-refractivity contribution >= 4 is 47.5 Å². The molecule has 5 N–H and O–H groups in total. The molecule has 13 nitrogen and oxygen atoms in total. The lowest BCUT2D eigenvalue weighted by Crippen LogP contribution is -2.55. The first kappa shape index (κ1) is 34.5. The Morgan fingerprint density at radius 2 is 2.04 bits per heavy atom. The molecule has 1 saturated heterocycles. The van der Waals surface area contributed by atoms with Crippen molar-refractivity contribution in [1.29, 1.82) is 5.41 Å². The van der Waals surface area contributed by atoms with Gasteiger partial charge in [-0.05, 0) is 54.4 Å². The molecule has 1 unspecified atom stereocenters. The molecule has 0 radical (unpaired) electrons. The topological polar surface area (TPSA) is 171 Å². The van der Waals surface area contributed by atoms with Crippen LogP contribution in [0.5, 0.6) is 0 Å². The van der Waals surface area contributed by atoms with Crippen LogP contribution >= 0.6 is 11.6 Å². The molecule has 3 atom stereocenters. The Morgan fingerprint density at radius 3 is 2.65 bits per heavy atom. The van der Waals surface area contributed by atoms with Gasteiger partial charge in [0.1, 0.15) is 12.1 Å². The first-order valence-electron chi connectivity index (χ1n) is 15.4. The Labute approximate surface area is 280 Å². The third kappa shape index (κ3) is 7.51. The number of allylic oxidation sites excluding steroid dienone is 3. The second-order valence-electron chi connectivity index (χ2n) is 13.2. The molecular formula is C32H37ClF2N8O5. The fourth-order valence-corrected chi connectivity index (χ4v) is 6.27. The Bertz CT molecular complexity index is 1670. The van der Waals surface area contributed by atoms with E-state index in [1.54, 1.807) is 12.1 Å². The minimum atomic E-state index is -2.78. The summed E-state index contributed by atoms with van der Waals surface area (Å²) in [4.78, 5) is 52.1. The lowest BCUT2D eigenvalue weighted by atomic mass is 9.70. The van der Waals surface area contributed by atoms with Crippen LogP contribution in [0.1, 0.15) is 80.5 Å². The fourth-order valence-electron chi connectivity index (χ4n) is 6.07. The number of aromatic nitrogens is 2. The normalized spacial score (nSPS) is 21.4. The van der Waals surface area contributed by atoms with Gasteiger partial charge < -0.3 is 15.4 Å². The predicted octanol–water partition coefficient (Wildman–Crippen LogP) is 4.45. The van der Waals surface area contributed by atoms with Crippen molar-refractivity contribution < 1.29 is 32.7 Å². The number of hydrogen-bond acceptors (Lipinski definition) is 7. The van der Waals surface area contributed by atoms with E-state index in [9.17, 15) is 28.0 Å².